The number of carbonyl (C=O) groups is 2. The first kappa shape index (κ1) is 15.0. The van der Waals surface area contributed by atoms with Gasteiger partial charge in [0, 0.05) is 11.1 Å². The smallest absolute Gasteiger partial charge is 0.336 e. The molecular weight excluding hydrogens is 264 g/mol. The summed E-state index contributed by atoms with van der Waals surface area (Å²) in [5.74, 6) is -1.28. The molecule has 0 spiro atoms. The molecule has 0 fully saturated rings. The standard InChI is InChI=1S/C18H18O3/c1-2-3-8-13-11-7-12-15(16(13)18(20)21)17(19)14-9-5-4-6-10-14/h4-7,9-12H,2-3,8H2,1H3,(H,20,21). The molecule has 0 bridgehead atoms. The summed E-state index contributed by atoms with van der Waals surface area (Å²) in [6, 6.07) is 13.9. The number of benzene rings is 2. The van der Waals surface area contributed by atoms with Crippen LogP contribution in [0.25, 0.3) is 0 Å². The van der Waals surface area contributed by atoms with Crippen LogP contribution in [0.1, 0.15) is 51.6 Å². The molecule has 2 rings (SSSR count). The minimum Gasteiger partial charge on any atom is -0.478 e. The molecule has 3 heteroatoms. The molecular formula is C18H18O3. The summed E-state index contributed by atoms with van der Waals surface area (Å²) in [5, 5.41) is 9.49. The Hall–Kier alpha value is -2.42. The van der Waals surface area contributed by atoms with Gasteiger partial charge in [-0.2, -0.15) is 0 Å². The Morgan fingerprint density at radius 1 is 1.00 bits per heavy atom. The second kappa shape index (κ2) is 6.84. The van der Waals surface area contributed by atoms with Crippen LogP contribution in [-0.4, -0.2) is 16.9 Å². The van der Waals surface area contributed by atoms with Crippen molar-refractivity contribution in [3.8, 4) is 0 Å². The van der Waals surface area contributed by atoms with Crippen molar-refractivity contribution >= 4 is 11.8 Å². The number of carboxylic acids is 1. The summed E-state index contributed by atoms with van der Waals surface area (Å²) < 4.78 is 0. The summed E-state index contributed by atoms with van der Waals surface area (Å²) >= 11 is 0. The van der Waals surface area contributed by atoms with Crippen LogP contribution >= 0.6 is 0 Å². The van der Waals surface area contributed by atoms with Crippen molar-refractivity contribution < 1.29 is 14.7 Å². The minimum absolute atomic E-state index is 0.139. The van der Waals surface area contributed by atoms with Gasteiger partial charge in [0.15, 0.2) is 5.78 Å². The maximum absolute atomic E-state index is 12.5. The number of rotatable bonds is 6. The van der Waals surface area contributed by atoms with E-state index in [1.807, 2.05) is 6.07 Å². The van der Waals surface area contributed by atoms with Crippen LogP contribution in [0.5, 0.6) is 0 Å². The predicted molar refractivity (Wildman–Crippen MR) is 81.9 cm³/mol. The molecule has 0 radical (unpaired) electrons. The molecule has 21 heavy (non-hydrogen) atoms. The molecule has 0 aliphatic carbocycles. The minimum atomic E-state index is -1.04. The van der Waals surface area contributed by atoms with Gasteiger partial charge in [0.05, 0.1) is 5.56 Å². The van der Waals surface area contributed by atoms with Gasteiger partial charge in [-0.15, -0.1) is 0 Å². The SMILES string of the molecule is CCCCc1cccc(C(=O)c2ccccc2)c1C(=O)O. The molecule has 0 amide bonds. The topological polar surface area (TPSA) is 54.4 Å². The van der Waals surface area contributed by atoms with E-state index in [1.54, 1.807) is 42.5 Å². The molecule has 108 valence electrons. The quantitative estimate of drug-likeness (QED) is 0.816. The van der Waals surface area contributed by atoms with Crippen molar-refractivity contribution in [1.82, 2.24) is 0 Å². The maximum atomic E-state index is 12.5. The van der Waals surface area contributed by atoms with E-state index < -0.39 is 5.97 Å². The number of unbranched alkanes of at least 4 members (excludes halogenated alkanes) is 1. The lowest BCUT2D eigenvalue weighted by atomic mass is 9.92. The van der Waals surface area contributed by atoms with Gasteiger partial charge in [0.1, 0.15) is 0 Å². The summed E-state index contributed by atoms with van der Waals surface area (Å²) in [6.45, 7) is 2.05. The average molecular weight is 282 g/mol. The number of carboxylic acid groups (broad SMARTS) is 1. The van der Waals surface area contributed by atoms with Crippen LogP contribution in [0.15, 0.2) is 48.5 Å². The molecule has 0 aromatic heterocycles. The number of hydrogen-bond donors (Lipinski definition) is 1. The van der Waals surface area contributed by atoms with E-state index in [-0.39, 0.29) is 16.9 Å². The number of ketones is 1. The van der Waals surface area contributed by atoms with Gasteiger partial charge in [0.2, 0.25) is 0 Å². The van der Waals surface area contributed by atoms with Crippen LogP contribution in [0.4, 0.5) is 0 Å². The zero-order chi connectivity index (χ0) is 15.2. The normalized spacial score (nSPS) is 10.3. The van der Waals surface area contributed by atoms with Gasteiger partial charge in [0.25, 0.3) is 0 Å². The Bertz CT molecular complexity index is 645. The van der Waals surface area contributed by atoms with E-state index in [0.717, 1.165) is 18.4 Å². The first-order valence-corrected chi connectivity index (χ1v) is 7.10. The van der Waals surface area contributed by atoms with E-state index in [1.165, 1.54) is 0 Å². The van der Waals surface area contributed by atoms with Gasteiger partial charge < -0.3 is 5.11 Å². The van der Waals surface area contributed by atoms with Gasteiger partial charge in [-0.05, 0) is 18.4 Å². The molecule has 0 unspecified atom stereocenters. The van der Waals surface area contributed by atoms with Gasteiger partial charge >= 0.3 is 5.97 Å². The van der Waals surface area contributed by atoms with Crippen molar-refractivity contribution in [3.05, 3.63) is 70.8 Å². The monoisotopic (exact) mass is 282 g/mol. The Balaban J connectivity index is 2.48. The van der Waals surface area contributed by atoms with Crippen molar-refractivity contribution in [2.75, 3.05) is 0 Å². The number of aryl methyl sites for hydroxylation is 1. The molecule has 3 nitrogen and oxygen atoms in total. The van der Waals surface area contributed by atoms with Crippen LogP contribution < -0.4 is 0 Å². The lowest BCUT2D eigenvalue weighted by molar-refractivity contribution is 0.0691. The van der Waals surface area contributed by atoms with Crippen LogP contribution in [0.3, 0.4) is 0 Å². The second-order valence-corrected chi connectivity index (χ2v) is 4.94. The Morgan fingerprint density at radius 2 is 1.71 bits per heavy atom. The zero-order valence-corrected chi connectivity index (χ0v) is 12.0. The molecule has 2 aromatic carbocycles. The molecule has 0 aliphatic heterocycles. The Kier molecular flexibility index (Phi) is 4.88. The fourth-order valence-electron chi connectivity index (χ4n) is 2.36. The average Bonchev–Trinajstić information content (AvgIpc) is 2.52. The van der Waals surface area contributed by atoms with Gasteiger partial charge in [-0.1, -0.05) is 61.9 Å². The molecule has 2 aromatic rings. The third kappa shape index (κ3) is 3.37. The first-order valence-electron chi connectivity index (χ1n) is 7.10. The highest BCUT2D eigenvalue weighted by atomic mass is 16.4. The Labute approximate surface area is 124 Å². The lowest BCUT2D eigenvalue weighted by Gasteiger charge is -2.10. The van der Waals surface area contributed by atoms with E-state index >= 15 is 0 Å². The van der Waals surface area contributed by atoms with Crippen molar-refractivity contribution in [2.45, 2.75) is 26.2 Å². The van der Waals surface area contributed by atoms with E-state index in [9.17, 15) is 14.7 Å². The van der Waals surface area contributed by atoms with Crippen molar-refractivity contribution in [1.29, 1.82) is 0 Å². The molecule has 0 saturated carbocycles. The number of hydrogen-bond acceptors (Lipinski definition) is 2. The molecule has 1 N–H and O–H groups in total. The van der Waals surface area contributed by atoms with Crippen LogP contribution in [-0.2, 0) is 6.42 Å². The molecule has 0 aliphatic rings. The summed E-state index contributed by atoms with van der Waals surface area (Å²) in [5.41, 5.74) is 1.64. The second-order valence-electron chi connectivity index (χ2n) is 4.94. The van der Waals surface area contributed by atoms with Gasteiger partial charge in [-0.25, -0.2) is 4.79 Å². The fraction of sp³-hybridized carbons (Fsp3) is 0.222. The van der Waals surface area contributed by atoms with Crippen LogP contribution in [0, 0.1) is 0 Å². The van der Waals surface area contributed by atoms with E-state index in [2.05, 4.69) is 6.92 Å². The van der Waals surface area contributed by atoms with E-state index in [0.29, 0.717) is 12.0 Å². The lowest BCUT2D eigenvalue weighted by Crippen LogP contribution is -2.12. The Morgan fingerprint density at radius 3 is 2.33 bits per heavy atom. The summed E-state index contributed by atoms with van der Waals surface area (Å²) in [6.07, 6.45) is 2.56. The number of carbonyl (C=O) groups excluding carboxylic acids is 1. The number of aromatic carboxylic acids is 1. The highest BCUT2D eigenvalue weighted by Gasteiger charge is 2.20. The van der Waals surface area contributed by atoms with Crippen LogP contribution in [0.2, 0.25) is 0 Å². The molecule has 0 saturated heterocycles. The van der Waals surface area contributed by atoms with Crippen molar-refractivity contribution in [3.63, 3.8) is 0 Å². The predicted octanol–water partition coefficient (Wildman–Crippen LogP) is 3.96. The van der Waals surface area contributed by atoms with E-state index in [4.69, 9.17) is 0 Å². The zero-order valence-electron chi connectivity index (χ0n) is 12.0. The first-order chi connectivity index (χ1) is 10.1. The summed E-state index contributed by atoms with van der Waals surface area (Å²) in [4.78, 5) is 24.1. The third-order valence-electron chi connectivity index (χ3n) is 3.44. The maximum Gasteiger partial charge on any atom is 0.336 e. The summed E-state index contributed by atoms with van der Waals surface area (Å²) in [7, 11) is 0. The molecule has 0 atom stereocenters. The largest absolute Gasteiger partial charge is 0.478 e. The van der Waals surface area contributed by atoms with Crippen molar-refractivity contribution in [2.24, 2.45) is 0 Å². The molecule has 0 heterocycles. The van der Waals surface area contributed by atoms with Gasteiger partial charge in [-0.3, -0.25) is 4.79 Å². The highest BCUT2D eigenvalue weighted by molar-refractivity contribution is 6.14. The third-order valence-corrected chi connectivity index (χ3v) is 3.44. The fourth-order valence-corrected chi connectivity index (χ4v) is 2.36. The highest BCUT2D eigenvalue weighted by Crippen LogP contribution is 2.20.